The average molecular weight is 332 g/mol. The van der Waals surface area contributed by atoms with Crippen LogP contribution in [0.15, 0.2) is 30.3 Å². The highest BCUT2D eigenvalue weighted by molar-refractivity contribution is 8.02. The summed E-state index contributed by atoms with van der Waals surface area (Å²) in [4.78, 5) is 37.5. The van der Waals surface area contributed by atoms with Crippen LogP contribution in [0, 0.1) is 0 Å². The quantitative estimate of drug-likeness (QED) is 0.789. The molecule has 6 nitrogen and oxygen atoms in total. The fraction of sp³-hybridized carbons (Fsp3) is 0.438. The molecule has 0 aromatic heterocycles. The molecule has 1 aromatic carbocycles. The van der Waals surface area contributed by atoms with Crippen LogP contribution in [0.2, 0.25) is 0 Å². The summed E-state index contributed by atoms with van der Waals surface area (Å²) >= 11 is 1.49. The van der Waals surface area contributed by atoms with Gasteiger partial charge in [-0.2, -0.15) is 0 Å². The number of rotatable bonds is 4. The average Bonchev–Trinajstić information content (AvgIpc) is 3.04. The topological polar surface area (TPSA) is 86.7 Å². The maximum absolute atomic E-state index is 12.4. The van der Waals surface area contributed by atoms with E-state index in [2.05, 4.69) is 5.32 Å². The number of thioether (sulfide) groups is 1. The molecule has 1 aromatic rings. The summed E-state index contributed by atoms with van der Waals surface area (Å²) in [5.41, 5.74) is -0.190. The molecular weight excluding hydrogens is 316 g/mol. The minimum atomic E-state index is -1.07. The first-order valence-electron chi connectivity index (χ1n) is 7.47. The number of aliphatic carboxylic acids is 1. The number of carboxylic acid groups (broad SMARTS) is 1. The van der Waals surface area contributed by atoms with Gasteiger partial charge in [0.05, 0.1) is 11.2 Å². The third-order valence-electron chi connectivity index (χ3n) is 5.06. The van der Waals surface area contributed by atoms with E-state index >= 15 is 0 Å². The molecule has 4 atom stereocenters. The molecule has 23 heavy (non-hydrogen) atoms. The number of β-lactam (4-membered cyclic amide) rings is 1. The molecule has 4 rings (SSSR count). The van der Waals surface area contributed by atoms with Crippen molar-refractivity contribution in [3.8, 4) is 0 Å². The summed E-state index contributed by atoms with van der Waals surface area (Å²) in [7, 11) is 0. The lowest BCUT2D eigenvalue weighted by molar-refractivity contribution is -0.163. The van der Waals surface area contributed by atoms with Crippen molar-refractivity contribution in [2.75, 3.05) is 0 Å². The minimum absolute atomic E-state index is 0.212. The summed E-state index contributed by atoms with van der Waals surface area (Å²) in [5.74, 6) is -1.45. The normalized spacial score (nSPS) is 36.7. The van der Waals surface area contributed by atoms with E-state index in [0.717, 1.165) is 5.56 Å². The van der Waals surface area contributed by atoms with Crippen molar-refractivity contribution >= 4 is 29.5 Å². The van der Waals surface area contributed by atoms with E-state index in [4.69, 9.17) is 0 Å². The van der Waals surface area contributed by atoms with E-state index < -0.39 is 22.3 Å². The highest BCUT2D eigenvalue weighted by atomic mass is 32.2. The Labute approximate surface area is 137 Å². The molecule has 2 N–H and O–H groups in total. The van der Waals surface area contributed by atoms with Gasteiger partial charge < -0.3 is 15.3 Å². The van der Waals surface area contributed by atoms with Crippen LogP contribution in [0.3, 0.4) is 0 Å². The van der Waals surface area contributed by atoms with Crippen molar-refractivity contribution in [3.63, 3.8) is 0 Å². The van der Waals surface area contributed by atoms with E-state index in [0.29, 0.717) is 6.42 Å². The summed E-state index contributed by atoms with van der Waals surface area (Å²) in [5, 5.41) is 12.0. The first kappa shape index (κ1) is 14.6. The summed E-state index contributed by atoms with van der Waals surface area (Å²) in [6.07, 6.45) is 0.691. The second-order valence-electron chi connectivity index (χ2n) is 6.50. The Balaban J connectivity index is 1.44. The molecule has 120 valence electrons. The third-order valence-corrected chi connectivity index (χ3v) is 6.78. The number of hydrogen-bond donors (Lipinski definition) is 2. The fourth-order valence-corrected chi connectivity index (χ4v) is 5.64. The van der Waals surface area contributed by atoms with E-state index in [9.17, 15) is 19.5 Å². The SMILES string of the molecule is CC12CC1(C(=O)O)N1C(=O)C(NC(=O)Cc3ccccc3)[C@@H]1S2. The molecule has 3 unspecified atom stereocenters. The van der Waals surface area contributed by atoms with Gasteiger partial charge in [0, 0.05) is 6.42 Å². The Morgan fingerprint density at radius 1 is 1.39 bits per heavy atom. The molecule has 2 amide bonds. The van der Waals surface area contributed by atoms with Crippen molar-refractivity contribution in [1.82, 2.24) is 10.2 Å². The molecule has 0 bridgehead atoms. The number of hydrogen-bond acceptors (Lipinski definition) is 4. The van der Waals surface area contributed by atoms with Crippen LogP contribution in [0.1, 0.15) is 18.9 Å². The molecule has 1 saturated carbocycles. The smallest absolute Gasteiger partial charge is 0.331 e. The van der Waals surface area contributed by atoms with Crippen molar-refractivity contribution in [2.24, 2.45) is 0 Å². The lowest BCUT2D eigenvalue weighted by Crippen LogP contribution is -2.72. The molecule has 0 spiro atoms. The molecule has 0 radical (unpaired) electrons. The van der Waals surface area contributed by atoms with Crippen LogP contribution >= 0.6 is 11.8 Å². The highest BCUT2D eigenvalue weighted by Crippen LogP contribution is 2.71. The second-order valence-corrected chi connectivity index (χ2v) is 8.12. The minimum Gasteiger partial charge on any atom is -0.479 e. The zero-order valence-electron chi connectivity index (χ0n) is 12.5. The Morgan fingerprint density at radius 3 is 2.74 bits per heavy atom. The summed E-state index contributed by atoms with van der Waals surface area (Å²) in [6.45, 7) is 1.88. The second kappa shape index (κ2) is 4.50. The van der Waals surface area contributed by atoms with Gasteiger partial charge in [0.15, 0.2) is 5.54 Å². The van der Waals surface area contributed by atoms with Crippen LogP contribution in [0.5, 0.6) is 0 Å². The Hall–Kier alpha value is -2.02. The van der Waals surface area contributed by atoms with Crippen molar-refractivity contribution in [3.05, 3.63) is 35.9 Å². The van der Waals surface area contributed by atoms with Gasteiger partial charge in [-0.1, -0.05) is 30.3 Å². The number of carbonyl (C=O) groups excluding carboxylic acids is 2. The van der Waals surface area contributed by atoms with Crippen LogP contribution < -0.4 is 5.32 Å². The van der Waals surface area contributed by atoms with Gasteiger partial charge in [0.1, 0.15) is 11.4 Å². The zero-order chi connectivity index (χ0) is 16.4. The molecule has 1 aliphatic carbocycles. The first-order chi connectivity index (χ1) is 10.9. The highest BCUT2D eigenvalue weighted by Gasteiger charge is 2.85. The van der Waals surface area contributed by atoms with E-state index in [1.807, 2.05) is 37.3 Å². The van der Waals surface area contributed by atoms with Gasteiger partial charge in [-0.3, -0.25) is 9.59 Å². The molecule has 2 saturated heterocycles. The van der Waals surface area contributed by atoms with Gasteiger partial charge >= 0.3 is 5.97 Å². The van der Waals surface area contributed by atoms with E-state index in [1.165, 1.54) is 16.7 Å². The number of nitrogens with one attached hydrogen (secondary N) is 1. The predicted octanol–water partition coefficient (Wildman–Crippen LogP) is 0.615. The molecule has 2 heterocycles. The van der Waals surface area contributed by atoms with E-state index in [-0.39, 0.29) is 23.6 Å². The standard InChI is InChI=1S/C16H16N2O4S/c1-15-8-16(15,14(21)22)18-12(20)11(13(18)23-15)17-10(19)7-9-5-3-2-4-6-9/h2-6,11,13H,7-8H2,1H3,(H,17,19)(H,21,22)/t11?,13-,15?,16?/m0/s1. The molecule has 2 aliphatic heterocycles. The fourth-order valence-electron chi connectivity index (χ4n) is 3.72. The summed E-state index contributed by atoms with van der Waals surface area (Å²) in [6, 6.07) is 8.69. The number of nitrogens with zero attached hydrogens (tertiary/aromatic N) is 1. The van der Waals surface area contributed by atoms with Crippen LogP contribution in [0.25, 0.3) is 0 Å². The summed E-state index contributed by atoms with van der Waals surface area (Å²) < 4.78 is -0.432. The Morgan fingerprint density at radius 2 is 2.09 bits per heavy atom. The molecule has 3 fully saturated rings. The van der Waals surface area contributed by atoms with Gasteiger partial charge in [-0.25, -0.2) is 4.79 Å². The predicted molar refractivity (Wildman–Crippen MR) is 83.7 cm³/mol. The third kappa shape index (κ3) is 1.80. The van der Waals surface area contributed by atoms with Crippen LogP contribution in [-0.4, -0.2) is 49.5 Å². The van der Waals surface area contributed by atoms with Crippen molar-refractivity contribution < 1.29 is 19.5 Å². The van der Waals surface area contributed by atoms with E-state index in [1.54, 1.807) is 0 Å². The maximum Gasteiger partial charge on any atom is 0.331 e. The first-order valence-corrected chi connectivity index (χ1v) is 8.35. The Kier molecular flexibility index (Phi) is 2.85. The molecule has 7 heteroatoms. The maximum atomic E-state index is 12.4. The number of amides is 2. The van der Waals surface area contributed by atoms with Crippen LogP contribution in [-0.2, 0) is 20.8 Å². The molecular formula is C16H16N2O4S. The van der Waals surface area contributed by atoms with Crippen molar-refractivity contribution in [1.29, 1.82) is 0 Å². The lowest BCUT2D eigenvalue weighted by Gasteiger charge is -2.45. The zero-order valence-corrected chi connectivity index (χ0v) is 13.3. The lowest BCUT2D eigenvalue weighted by atomic mass is 10.0. The number of fused-ring (bicyclic) bond motifs is 3. The van der Waals surface area contributed by atoms with Gasteiger partial charge in [-0.05, 0) is 12.5 Å². The monoisotopic (exact) mass is 332 g/mol. The van der Waals surface area contributed by atoms with Crippen molar-refractivity contribution in [2.45, 2.75) is 41.5 Å². The number of carbonyl (C=O) groups is 3. The Bertz CT molecular complexity index is 724. The van der Waals surface area contributed by atoms with Gasteiger partial charge in [0.25, 0.3) is 0 Å². The molecule has 3 aliphatic rings. The van der Waals surface area contributed by atoms with Gasteiger partial charge in [0.2, 0.25) is 11.8 Å². The largest absolute Gasteiger partial charge is 0.479 e. The number of carboxylic acids is 1. The number of benzene rings is 1. The van der Waals surface area contributed by atoms with Crippen LogP contribution in [0.4, 0.5) is 0 Å². The van der Waals surface area contributed by atoms with Gasteiger partial charge in [-0.15, -0.1) is 11.8 Å².